The molecule has 2 aromatic rings. The maximum absolute atomic E-state index is 13.2. The number of nitrogens with zero attached hydrogens (tertiary/aromatic N) is 3. The number of amides is 1. The third-order valence-corrected chi connectivity index (χ3v) is 6.49. The molecule has 0 saturated heterocycles. The van der Waals surface area contributed by atoms with E-state index >= 15 is 0 Å². The van der Waals surface area contributed by atoms with Gasteiger partial charge < -0.3 is 9.64 Å². The number of carbonyl (C=O) groups is 1. The lowest BCUT2D eigenvalue weighted by Crippen LogP contribution is -2.43. The highest BCUT2D eigenvalue weighted by molar-refractivity contribution is 7.88. The Bertz CT molecular complexity index is 1140. The number of hydrogen-bond donors (Lipinski definition) is 0. The van der Waals surface area contributed by atoms with Crippen molar-refractivity contribution in [3.05, 3.63) is 77.0 Å². The van der Waals surface area contributed by atoms with Gasteiger partial charge in [0.15, 0.2) is 0 Å². The van der Waals surface area contributed by atoms with Crippen LogP contribution in [0.2, 0.25) is 0 Å². The summed E-state index contributed by atoms with van der Waals surface area (Å²) in [6.07, 6.45) is 2.27. The van der Waals surface area contributed by atoms with Crippen molar-refractivity contribution >= 4 is 21.8 Å². The van der Waals surface area contributed by atoms with E-state index in [4.69, 9.17) is 4.74 Å². The Morgan fingerprint density at radius 1 is 1.10 bits per heavy atom. The van der Waals surface area contributed by atoms with Crippen LogP contribution >= 0.6 is 0 Å². The normalized spacial score (nSPS) is 17.9. The zero-order chi connectivity index (χ0) is 20.6. The Hall–Kier alpha value is -3.13. The highest BCUT2D eigenvalue weighted by atomic mass is 32.2. The van der Waals surface area contributed by atoms with E-state index in [0.29, 0.717) is 24.4 Å². The molecule has 0 aromatic heterocycles. The SMILES string of the molecule is COc1cccc(C2=NS(=O)(=O)N(C)C(C(=O)N3CCc4ccccc4C3)=C2)c1. The third kappa shape index (κ3) is 3.63. The molecule has 2 aliphatic heterocycles. The number of ether oxygens (including phenoxy) is 1. The molecule has 0 radical (unpaired) electrons. The van der Waals surface area contributed by atoms with Crippen LogP contribution in [-0.4, -0.2) is 49.9 Å². The molecule has 4 rings (SSSR count). The first-order valence-corrected chi connectivity index (χ1v) is 10.6. The molecule has 0 fully saturated rings. The van der Waals surface area contributed by atoms with Crippen LogP contribution in [-0.2, 0) is 28.0 Å². The average molecular weight is 411 g/mol. The second-order valence-electron chi connectivity index (χ2n) is 6.93. The van der Waals surface area contributed by atoms with Gasteiger partial charge in [0.1, 0.15) is 11.4 Å². The summed E-state index contributed by atoms with van der Waals surface area (Å²) in [5.74, 6) is 0.247. The van der Waals surface area contributed by atoms with E-state index in [9.17, 15) is 13.2 Å². The van der Waals surface area contributed by atoms with Crippen molar-refractivity contribution in [3.63, 3.8) is 0 Å². The van der Waals surface area contributed by atoms with Crippen LogP contribution in [0.5, 0.6) is 5.75 Å². The van der Waals surface area contributed by atoms with E-state index in [-0.39, 0.29) is 17.3 Å². The molecule has 2 aromatic carbocycles. The molecule has 2 aliphatic rings. The maximum Gasteiger partial charge on any atom is 0.345 e. The minimum Gasteiger partial charge on any atom is -0.497 e. The first-order chi connectivity index (χ1) is 13.9. The number of methoxy groups -OCH3 is 1. The molecule has 150 valence electrons. The van der Waals surface area contributed by atoms with Crippen LogP contribution in [0.25, 0.3) is 0 Å². The lowest BCUT2D eigenvalue weighted by Gasteiger charge is -2.32. The Morgan fingerprint density at radius 3 is 2.62 bits per heavy atom. The van der Waals surface area contributed by atoms with Crippen molar-refractivity contribution < 1.29 is 17.9 Å². The summed E-state index contributed by atoms with van der Waals surface area (Å²) < 4.78 is 35.2. The fourth-order valence-electron chi connectivity index (χ4n) is 3.50. The van der Waals surface area contributed by atoms with Gasteiger partial charge >= 0.3 is 10.2 Å². The fraction of sp³-hybridized carbons (Fsp3) is 0.238. The van der Waals surface area contributed by atoms with Gasteiger partial charge in [0.25, 0.3) is 5.91 Å². The monoisotopic (exact) mass is 411 g/mol. The van der Waals surface area contributed by atoms with Crippen molar-refractivity contribution in [3.8, 4) is 5.75 Å². The summed E-state index contributed by atoms with van der Waals surface area (Å²) in [5, 5.41) is 0. The van der Waals surface area contributed by atoms with Crippen LogP contribution < -0.4 is 4.74 Å². The zero-order valence-electron chi connectivity index (χ0n) is 16.2. The van der Waals surface area contributed by atoms with Crippen LogP contribution in [0, 0.1) is 0 Å². The van der Waals surface area contributed by atoms with Crippen LogP contribution in [0.3, 0.4) is 0 Å². The second-order valence-corrected chi connectivity index (χ2v) is 8.55. The zero-order valence-corrected chi connectivity index (χ0v) is 17.0. The molecular formula is C21H21N3O4S. The van der Waals surface area contributed by atoms with E-state index in [2.05, 4.69) is 10.5 Å². The number of fused-ring (bicyclic) bond motifs is 1. The number of likely N-dealkylation sites (N-methyl/N-ethyl adjacent to an activating group) is 1. The molecule has 0 spiro atoms. The highest BCUT2D eigenvalue weighted by Gasteiger charge is 2.33. The number of carbonyl (C=O) groups excluding carboxylic acids is 1. The van der Waals surface area contributed by atoms with Gasteiger partial charge in [-0.25, -0.2) is 4.31 Å². The van der Waals surface area contributed by atoms with E-state index in [0.717, 1.165) is 16.3 Å². The third-order valence-electron chi connectivity index (χ3n) is 5.17. The van der Waals surface area contributed by atoms with Crippen molar-refractivity contribution in [2.24, 2.45) is 4.40 Å². The topological polar surface area (TPSA) is 79.3 Å². The molecule has 0 unspecified atom stereocenters. The van der Waals surface area contributed by atoms with Crippen LogP contribution in [0.15, 0.2) is 64.7 Å². The molecular weight excluding hydrogens is 390 g/mol. The molecule has 8 heteroatoms. The molecule has 1 amide bonds. The summed E-state index contributed by atoms with van der Waals surface area (Å²) in [6.45, 7) is 0.985. The predicted octanol–water partition coefficient (Wildman–Crippen LogP) is 2.14. The fourth-order valence-corrected chi connectivity index (χ4v) is 4.41. The lowest BCUT2D eigenvalue weighted by molar-refractivity contribution is -0.129. The van der Waals surface area contributed by atoms with Crippen LogP contribution in [0.1, 0.15) is 16.7 Å². The van der Waals surface area contributed by atoms with Crippen molar-refractivity contribution in [1.29, 1.82) is 0 Å². The van der Waals surface area contributed by atoms with Gasteiger partial charge in [0, 0.05) is 25.7 Å². The molecule has 0 atom stereocenters. The van der Waals surface area contributed by atoms with E-state index in [1.165, 1.54) is 25.8 Å². The average Bonchev–Trinajstić information content (AvgIpc) is 2.74. The Morgan fingerprint density at radius 2 is 1.86 bits per heavy atom. The Labute approximate surface area is 170 Å². The van der Waals surface area contributed by atoms with Gasteiger partial charge in [0.05, 0.1) is 12.8 Å². The molecule has 0 N–H and O–H groups in total. The standard InChI is InChI=1S/C21H21N3O4S/c1-23-20(21(25)24-11-10-15-6-3-4-7-17(15)14-24)13-19(22-29(23,26)27)16-8-5-9-18(12-16)28-2/h3-9,12-13H,10-11,14H2,1-2H3. The first kappa shape index (κ1) is 19.2. The highest BCUT2D eigenvalue weighted by Crippen LogP contribution is 2.25. The Balaban J connectivity index is 1.69. The van der Waals surface area contributed by atoms with Gasteiger partial charge in [-0.1, -0.05) is 36.4 Å². The Kier molecular flexibility index (Phi) is 4.87. The van der Waals surface area contributed by atoms with Gasteiger partial charge in [-0.2, -0.15) is 8.42 Å². The minimum atomic E-state index is -4.01. The summed E-state index contributed by atoms with van der Waals surface area (Å²) in [7, 11) is -1.12. The number of rotatable bonds is 3. The molecule has 2 heterocycles. The van der Waals surface area contributed by atoms with Gasteiger partial charge in [-0.3, -0.25) is 4.79 Å². The largest absolute Gasteiger partial charge is 0.497 e. The van der Waals surface area contributed by atoms with Crippen LogP contribution in [0.4, 0.5) is 0 Å². The van der Waals surface area contributed by atoms with E-state index < -0.39 is 10.2 Å². The van der Waals surface area contributed by atoms with Gasteiger partial charge in [0.2, 0.25) is 0 Å². The quantitative estimate of drug-likeness (QED) is 0.775. The number of hydrogen-bond acceptors (Lipinski definition) is 4. The molecule has 0 aliphatic carbocycles. The molecule has 0 bridgehead atoms. The lowest BCUT2D eigenvalue weighted by atomic mass is 9.99. The van der Waals surface area contributed by atoms with Crippen molar-refractivity contribution in [2.45, 2.75) is 13.0 Å². The predicted molar refractivity (Wildman–Crippen MR) is 110 cm³/mol. The molecule has 7 nitrogen and oxygen atoms in total. The van der Waals surface area contributed by atoms with Gasteiger partial charge in [-0.05, 0) is 35.8 Å². The van der Waals surface area contributed by atoms with E-state index in [1.54, 1.807) is 29.2 Å². The summed E-state index contributed by atoms with van der Waals surface area (Å²) in [5.41, 5.74) is 3.15. The van der Waals surface area contributed by atoms with Crippen molar-refractivity contribution in [1.82, 2.24) is 9.21 Å². The maximum atomic E-state index is 13.2. The number of benzene rings is 2. The summed E-state index contributed by atoms with van der Waals surface area (Å²) in [4.78, 5) is 14.9. The molecule has 29 heavy (non-hydrogen) atoms. The smallest absolute Gasteiger partial charge is 0.345 e. The minimum absolute atomic E-state index is 0.0807. The second kappa shape index (κ2) is 7.36. The summed E-state index contributed by atoms with van der Waals surface area (Å²) >= 11 is 0. The number of allylic oxidation sites excluding steroid dienone is 1. The van der Waals surface area contributed by atoms with Gasteiger partial charge in [-0.15, -0.1) is 4.40 Å². The molecule has 0 saturated carbocycles. The van der Waals surface area contributed by atoms with Crippen molar-refractivity contribution in [2.75, 3.05) is 20.7 Å². The first-order valence-electron chi connectivity index (χ1n) is 9.20. The summed E-state index contributed by atoms with van der Waals surface area (Å²) in [6, 6.07) is 14.9. The van der Waals surface area contributed by atoms with E-state index in [1.807, 2.05) is 18.2 Å².